The lowest BCUT2D eigenvalue weighted by Gasteiger charge is -2.10. The minimum Gasteiger partial charge on any atom is -0.496 e. The maximum Gasteiger partial charge on any atom is 0.287 e. The van der Waals surface area contributed by atoms with E-state index in [2.05, 4.69) is 4.98 Å². The van der Waals surface area contributed by atoms with Gasteiger partial charge in [0.25, 0.3) is 5.69 Å². The standard InChI is InChI=1S/C16H12N2O4/c1-21-14-7-8-15(13-5-3-2-4-12(13)14)22-16-9-6-11(10-17-16)18(19)20/h2-10H,1H3. The van der Waals surface area contributed by atoms with E-state index in [4.69, 9.17) is 9.47 Å². The maximum atomic E-state index is 10.6. The molecule has 3 rings (SSSR count). The molecule has 0 saturated heterocycles. The number of hydrogen-bond donors (Lipinski definition) is 0. The van der Waals surface area contributed by atoms with Gasteiger partial charge >= 0.3 is 0 Å². The van der Waals surface area contributed by atoms with Gasteiger partial charge in [-0.2, -0.15) is 0 Å². The van der Waals surface area contributed by atoms with Crippen molar-refractivity contribution in [1.82, 2.24) is 4.98 Å². The Balaban J connectivity index is 1.99. The number of fused-ring (bicyclic) bond motifs is 1. The van der Waals surface area contributed by atoms with E-state index in [1.807, 2.05) is 30.3 Å². The summed E-state index contributed by atoms with van der Waals surface area (Å²) in [7, 11) is 1.61. The molecule has 0 saturated carbocycles. The monoisotopic (exact) mass is 296 g/mol. The molecule has 1 heterocycles. The summed E-state index contributed by atoms with van der Waals surface area (Å²) in [6.45, 7) is 0. The minimum atomic E-state index is -0.500. The number of benzene rings is 2. The quantitative estimate of drug-likeness (QED) is 0.538. The van der Waals surface area contributed by atoms with E-state index >= 15 is 0 Å². The van der Waals surface area contributed by atoms with Crippen molar-refractivity contribution in [3.05, 3.63) is 64.8 Å². The van der Waals surface area contributed by atoms with Gasteiger partial charge in [0.15, 0.2) is 0 Å². The van der Waals surface area contributed by atoms with Crippen LogP contribution in [-0.4, -0.2) is 17.0 Å². The van der Waals surface area contributed by atoms with Crippen molar-refractivity contribution in [3.63, 3.8) is 0 Å². The molecule has 0 aliphatic rings. The van der Waals surface area contributed by atoms with Crippen molar-refractivity contribution in [2.45, 2.75) is 0 Å². The summed E-state index contributed by atoms with van der Waals surface area (Å²) < 4.78 is 11.1. The fourth-order valence-electron chi connectivity index (χ4n) is 2.16. The van der Waals surface area contributed by atoms with Crippen LogP contribution in [0.15, 0.2) is 54.7 Å². The van der Waals surface area contributed by atoms with Gasteiger partial charge in [-0.05, 0) is 12.1 Å². The molecule has 6 heteroatoms. The van der Waals surface area contributed by atoms with E-state index in [-0.39, 0.29) is 5.69 Å². The molecule has 6 nitrogen and oxygen atoms in total. The van der Waals surface area contributed by atoms with Crippen molar-refractivity contribution in [3.8, 4) is 17.4 Å². The zero-order valence-corrected chi connectivity index (χ0v) is 11.7. The molecular formula is C16H12N2O4. The highest BCUT2D eigenvalue weighted by Crippen LogP contribution is 2.35. The molecule has 0 aliphatic carbocycles. The summed E-state index contributed by atoms with van der Waals surface area (Å²) in [6.07, 6.45) is 1.17. The highest BCUT2D eigenvalue weighted by atomic mass is 16.6. The minimum absolute atomic E-state index is 0.0769. The van der Waals surface area contributed by atoms with Crippen molar-refractivity contribution >= 4 is 16.5 Å². The van der Waals surface area contributed by atoms with Crippen molar-refractivity contribution in [2.24, 2.45) is 0 Å². The Morgan fingerprint density at radius 1 is 1.00 bits per heavy atom. The van der Waals surface area contributed by atoms with Crippen LogP contribution in [0.5, 0.6) is 17.4 Å². The van der Waals surface area contributed by atoms with Crippen LogP contribution in [0.4, 0.5) is 5.69 Å². The summed E-state index contributed by atoms with van der Waals surface area (Å²) in [5.41, 5.74) is -0.0769. The average Bonchev–Trinajstić information content (AvgIpc) is 2.55. The smallest absolute Gasteiger partial charge is 0.287 e. The normalized spacial score (nSPS) is 10.4. The third-order valence-electron chi connectivity index (χ3n) is 3.21. The van der Waals surface area contributed by atoms with Gasteiger partial charge in [-0.3, -0.25) is 10.1 Å². The van der Waals surface area contributed by atoms with E-state index in [1.54, 1.807) is 13.2 Å². The number of aromatic nitrogens is 1. The zero-order chi connectivity index (χ0) is 15.5. The molecule has 0 aliphatic heterocycles. The fraction of sp³-hybridized carbons (Fsp3) is 0.0625. The zero-order valence-electron chi connectivity index (χ0n) is 11.7. The van der Waals surface area contributed by atoms with Crippen LogP contribution in [0.25, 0.3) is 10.8 Å². The molecule has 0 fully saturated rings. The summed E-state index contributed by atoms with van der Waals surface area (Å²) in [5, 5.41) is 12.4. The van der Waals surface area contributed by atoms with Gasteiger partial charge in [0, 0.05) is 22.9 Å². The highest BCUT2D eigenvalue weighted by molar-refractivity contribution is 5.93. The van der Waals surface area contributed by atoms with Crippen LogP contribution in [0.3, 0.4) is 0 Å². The largest absolute Gasteiger partial charge is 0.496 e. The lowest BCUT2D eigenvalue weighted by Crippen LogP contribution is -1.93. The van der Waals surface area contributed by atoms with Gasteiger partial charge in [-0.15, -0.1) is 0 Å². The molecule has 0 radical (unpaired) electrons. The molecule has 110 valence electrons. The highest BCUT2D eigenvalue weighted by Gasteiger charge is 2.10. The first kappa shape index (κ1) is 13.8. The Kier molecular flexibility index (Phi) is 3.57. The third kappa shape index (κ3) is 2.54. The van der Waals surface area contributed by atoms with E-state index in [1.165, 1.54) is 18.3 Å². The predicted molar refractivity (Wildman–Crippen MR) is 81.5 cm³/mol. The molecule has 0 spiro atoms. The van der Waals surface area contributed by atoms with E-state index in [0.717, 1.165) is 16.5 Å². The molecular weight excluding hydrogens is 284 g/mol. The number of rotatable bonds is 4. The molecule has 22 heavy (non-hydrogen) atoms. The third-order valence-corrected chi connectivity index (χ3v) is 3.21. The number of nitrogens with zero attached hydrogens (tertiary/aromatic N) is 2. The second-order valence-electron chi connectivity index (χ2n) is 4.53. The van der Waals surface area contributed by atoms with Crippen LogP contribution < -0.4 is 9.47 Å². The number of pyridine rings is 1. The maximum absolute atomic E-state index is 10.6. The fourth-order valence-corrected chi connectivity index (χ4v) is 2.16. The molecule has 1 aromatic heterocycles. The Hall–Kier alpha value is -3.15. The van der Waals surface area contributed by atoms with Gasteiger partial charge in [-0.25, -0.2) is 4.98 Å². The van der Waals surface area contributed by atoms with Crippen molar-refractivity contribution < 1.29 is 14.4 Å². The van der Waals surface area contributed by atoms with Gasteiger partial charge in [0.2, 0.25) is 5.88 Å². The molecule has 0 atom stereocenters. The summed E-state index contributed by atoms with van der Waals surface area (Å²) in [5.74, 6) is 1.65. The van der Waals surface area contributed by atoms with Crippen LogP contribution in [0.2, 0.25) is 0 Å². The van der Waals surface area contributed by atoms with Crippen molar-refractivity contribution in [2.75, 3.05) is 7.11 Å². The molecule has 2 aromatic carbocycles. The first-order valence-corrected chi connectivity index (χ1v) is 6.53. The second-order valence-corrected chi connectivity index (χ2v) is 4.53. The van der Waals surface area contributed by atoms with E-state index in [0.29, 0.717) is 11.6 Å². The van der Waals surface area contributed by atoms with Crippen LogP contribution in [0, 0.1) is 10.1 Å². The van der Waals surface area contributed by atoms with E-state index in [9.17, 15) is 10.1 Å². The number of ether oxygens (including phenoxy) is 2. The SMILES string of the molecule is COc1ccc(Oc2ccc([N+](=O)[O-])cn2)c2ccccc12. The lowest BCUT2D eigenvalue weighted by molar-refractivity contribution is -0.385. The average molecular weight is 296 g/mol. The summed E-state index contributed by atoms with van der Waals surface area (Å²) in [6, 6.07) is 14.1. The first-order valence-electron chi connectivity index (χ1n) is 6.53. The van der Waals surface area contributed by atoms with Gasteiger partial charge in [-0.1, -0.05) is 24.3 Å². The number of methoxy groups -OCH3 is 1. The Labute approximate surface area is 126 Å². The van der Waals surface area contributed by atoms with E-state index < -0.39 is 4.92 Å². The van der Waals surface area contributed by atoms with Crippen LogP contribution >= 0.6 is 0 Å². The number of hydrogen-bond acceptors (Lipinski definition) is 5. The van der Waals surface area contributed by atoms with Crippen molar-refractivity contribution in [1.29, 1.82) is 0 Å². The van der Waals surface area contributed by atoms with Crippen LogP contribution in [-0.2, 0) is 0 Å². The van der Waals surface area contributed by atoms with Gasteiger partial charge < -0.3 is 9.47 Å². The Bertz CT molecular complexity index is 831. The summed E-state index contributed by atoms with van der Waals surface area (Å²) in [4.78, 5) is 14.1. The molecule has 0 unspecified atom stereocenters. The lowest BCUT2D eigenvalue weighted by atomic mass is 10.1. The second kappa shape index (κ2) is 5.69. The predicted octanol–water partition coefficient (Wildman–Crippen LogP) is 3.94. The molecule has 0 N–H and O–H groups in total. The molecule has 3 aromatic rings. The number of nitro groups is 1. The molecule has 0 amide bonds. The first-order chi connectivity index (χ1) is 10.7. The van der Waals surface area contributed by atoms with Gasteiger partial charge in [0.1, 0.15) is 17.7 Å². The van der Waals surface area contributed by atoms with Gasteiger partial charge in [0.05, 0.1) is 12.0 Å². The molecule has 0 bridgehead atoms. The Morgan fingerprint density at radius 3 is 2.27 bits per heavy atom. The Morgan fingerprint density at radius 2 is 1.68 bits per heavy atom. The topological polar surface area (TPSA) is 74.5 Å². The van der Waals surface area contributed by atoms with Crippen LogP contribution in [0.1, 0.15) is 0 Å². The summed E-state index contributed by atoms with van der Waals surface area (Å²) >= 11 is 0.